The minimum Gasteiger partial charge on any atom is -0.326 e. The van der Waals surface area contributed by atoms with E-state index in [1.54, 1.807) is 0 Å². The molecule has 140 valence electrons. The summed E-state index contributed by atoms with van der Waals surface area (Å²) < 4.78 is 0. The summed E-state index contributed by atoms with van der Waals surface area (Å²) in [5.41, 5.74) is 2.38. The lowest BCUT2D eigenvalue weighted by molar-refractivity contribution is -0.117. The Morgan fingerprint density at radius 2 is 1.54 bits per heavy atom. The second-order valence-electron chi connectivity index (χ2n) is 7.35. The van der Waals surface area contributed by atoms with E-state index in [1.807, 2.05) is 30.3 Å². The van der Waals surface area contributed by atoms with Crippen LogP contribution in [0.15, 0.2) is 60.7 Å². The van der Waals surface area contributed by atoms with Gasteiger partial charge in [-0.2, -0.15) is 0 Å². The van der Waals surface area contributed by atoms with Gasteiger partial charge in [-0.15, -0.1) is 12.4 Å². The summed E-state index contributed by atoms with van der Waals surface area (Å²) in [6.45, 7) is 0. The second-order valence-corrected chi connectivity index (χ2v) is 7.35. The van der Waals surface area contributed by atoms with Gasteiger partial charge in [0.2, 0.25) is 5.91 Å². The normalized spacial score (nSPS) is 22.5. The molecule has 0 aromatic heterocycles. The molecule has 4 heteroatoms. The highest BCUT2D eigenvalue weighted by Gasteiger charge is 2.38. The van der Waals surface area contributed by atoms with E-state index in [1.165, 1.54) is 5.56 Å². The van der Waals surface area contributed by atoms with Gasteiger partial charge in [-0.1, -0.05) is 48.5 Å². The summed E-state index contributed by atoms with van der Waals surface area (Å²) in [6, 6.07) is 20.5. The Hall–Kier alpha value is -1.84. The monoisotopic (exact) mass is 372 g/mol. The molecular formula is C22H29ClN2O. The number of nitrogens with one attached hydrogen (secondary N) is 1. The number of hydrogen-bond donors (Lipinski definition) is 1. The molecule has 0 bridgehead atoms. The van der Waals surface area contributed by atoms with E-state index < -0.39 is 0 Å². The zero-order chi connectivity index (χ0) is 17.7. The van der Waals surface area contributed by atoms with Crippen LogP contribution in [0.25, 0.3) is 0 Å². The van der Waals surface area contributed by atoms with Gasteiger partial charge in [-0.3, -0.25) is 9.69 Å². The molecule has 1 aliphatic rings. The molecule has 1 aliphatic carbocycles. The fourth-order valence-corrected chi connectivity index (χ4v) is 4.10. The van der Waals surface area contributed by atoms with Crippen molar-refractivity contribution in [3.05, 3.63) is 66.2 Å². The van der Waals surface area contributed by atoms with Crippen molar-refractivity contribution < 1.29 is 4.79 Å². The van der Waals surface area contributed by atoms with E-state index in [0.29, 0.717) is 12.3 Å². The van der Waals surface area contributed by atoms with E-state index in [-0.39, 0.29) is 23.9 Å². The zero-order valence-electron chi connectivity index (χ0n) is 15.7. The molecule has 1 saturated carbocycles. The first-order valence-corrected chi connectivity index (χ1v) is 9.18. The molecule has 1 amide bonds. The topological polar surface area (TPSA) is 32.3 Å². The summed E-state index contributed by atoms with van der Waals surface area (Å²) in [5.74, 6) is 0.605. The number of para-hydroxylation sites is 1. The lowest BCUT2D eigenvalue weighted by Gasteiger charge is -2.45. The van der Waals surface area contributed by atoms with Crippen molar-refractivity contribution in [2.24, 2.45) is 5.92 Å². The first-order valence-electron chi connectivity index (χ1n) is 9.18. The Bertz CT molecular complexity index is 680. The molecule has 26 heavy (non-hydrogen) atoms. The van der Waals surface area contributed by atoms with Gasteiger partial charge >= 0.3 is 0 Å². The predicted molar refractivity (Wildman–Crippen MR) is 111 cm³/mol. The number of carbonyl (C=O) groups is 1. The number of anilines is 1. The van der Waals surface area contributed by atoms with Crippen LogP contribution in [-0.2, 0) is 10.3 Å². The number of rotatable bonds is 5. The minimum atomic E-state index is 0. The second kappa shape index (κ2) is 9.20. The third-order valence-electron chi connectivity index (χ3n) is 5.63. The van der Waals surface area contributed by atoms with Gasteiger partial charge in [0, 0.05) is 17.6 Å². The van der Waals surface area contributed by atoms with Crippen molar-refractivity contribution in [1.82, 2.24) is 4.90 Å². The van der Waals surface area contributed by atoms with Crippen LogP contribution in [0.1, 0.15) is 37.7 Å². The van der Waals surface area contributed by atoms with Crippen molar-refractivity contribution in [2.45, 2.75) is 37.6 Å². The van der Waals surface area contributed by atoms with Crippen LogP contribution in [0.3, 0.4) is 0 Å². The van der Waals surface area contributed by atoms with Crippen LogP contribution in [0.2, 0.25) is 0 Å². The highest BCUT2D eigenvalue weighted by Crippen LogP contribution is 2.43. The molecule has 0 radical (unpaired) electrons. The maximum Gasteiger partial charge on any atom is 0.224 e. The summed E-state index contributed by atoms with van der Waals surface area (Å²) in [4.78, 5) is 14.7. The van der Waals surface area contributed by atoms with Crippen LogP contribution in [-0.4, -0.2) is 24.9 Å². The highest BCUT2D eigenvalue weighted by molar-refractivity contribution is 5.90. The van der Waals surface area contributed by atoms with E-state index in [9.17, 15) is 4.79 Å². The molecule has 2 aromatic rings. The van der Waals surface area contributed by atoms with Crippen LogP contribution in [0.5, 0.6) is 0 Å². The Kier molecular flexibility index (Phi) is 7.24. The van der Waals surface area contributed by atoms with Gasteiger partial charge < -0.3 is 5.32 Å². The molecule has 0 saturated heterocycles. The number of hydrogen-bond acceptors (Lipinski definition) is 2. The van der Waals surface area contributed by atoms with Crippen LogP contribution >= 0.6 is 12.4 Å². The number of nitrogens with zero attached hydrogens (tertiary/aromatic N) is 1. The summed E-state index contributed by atoms with van der Waals surface area (Å²) in [5, 5.41) is 3.02. The molecule has 0 spiro atoms. The summed E-state index contributed by atoms with van der Waals surface area (Å²) in [6.07, 6.45) is 5.01. The molecular weight excluding hydrogens is 344 g/mol. The molecule has 0 atom stereocenters. The van der Waals surface area contributed by atoms with Gasteiger partial charge in [0.25, 0.3) is 0 Å². The zero-order valence-corrected chi connectivity index (χ0v) is 16.5. The highest BCUT2D eigenvalue weighted by atomic mass is 35.5. The average molecular weight is 373 g/mol. The van der Waals surface area contributed by atoms with E-state index in [2.05, 4.69) is 54.6 Å². The first-order chi connectivity index (χ1) is 12.1. The van der Waals surface area contributed by atoms with Crippen LogP contribution < -0.4 is 5.32 Å². The van der Waals surface area contributed by atoms with Crippen molar-refractivity contribution in [3.63, 3.8) is 0 Å². The number of amides is 1. The molecule has 0 aliphatic heterocycles. The molecule has 0 unspecified atom stereocenters. The fourth-order valence-electron chi connectivity index (χ4n) is 4.10. The van der Waals surface area contributed by atoms with E-state index >= 15 is 0 Å². The van der Waals surface area contributed by atoms with Crippen LogP contribution in [0.4, 0.5) is 5.69 Å². The van der Waals surface area contributed by atoms with Gasteiger partial charge in [0.1, 0.15) is 0 Å². The molecule has 3 rings (SSSR count). The predicted octanol–water partition coefficient (Wildman–Crippen LogP) is 5.08. The number of benzene rings is 2. The number of carbonyl (C=O) groups excluding carboxylic acids is 1. The first kappa shape index (κ1) is 20.5. The third-order valence-corrected chi connectivity index (χ3v) is 5.63. The van der Waals surface area contributed by atoms with Crippen molar-refractivity contribution in [3.8, 4) is 0 Å². The fraction of sp³-hybridized carbons (Fsp3) is 0.409. The molecule has 0 heterocycles. The maximum absolute atomic E-state index is 12.3. The molecule has 1 N–H and O–H groups in total. The summed E-state index contributed by atoms with van der Waals surface area (Å²) >= 11 is 0. The largest absolute Gasteiger partial charge is 0.326 e. The van der Waals surface area contributed by atoms with Gasteiger partial charge in [0.05, 0.1) is 0 Å². The Morgan fingerprint density at radius 1 is 1.00 bits per heavy atom. The van der Waals surface area contributed by atoms with Crippen LogP contribution in [0, 0.1) is 5.92 Å². The number of halogens is 1. The van der Waals surface area contributed by atoms with E-state index in [4.69, 9.17) is 0 Å². The third kappa shape index (κ3) is 4.66. The maximum atomic E-state index is 12.3. The standard InChI is InChI=1S/C22H28N2O.ClH/c1-24(2)22(19-9-5-3-6-10-19)15-13-18(14-16-22)17-21(25)23-20-11-7-4-8-12-20;/h3-12,18H,13-17H2,1-2H3,(H,23,25);1H. The Labute approximate surface area is 163 Å². The quantitative estimate of drug-likeness (QED) is 0.793. The molecule has 2 aromatic carbocycles. The van der Waals surface area contributed by atoms with Gasteiger partial charge in [-0.25, -0.2) is 0 Å². The smallest absolute Gasteiger partial charge is 0.224 e. The van der Waals surface area contributed by atoms with Gasteiger partial charge in [0.15, 0.2) is 0 Å². The Balaban J connectivity index is 0.00000243. The summed E-state index contributed by atoms with van der Waals surface area (Å²) in [7, 11) is 4.35. The van der Waals surface area contributed by atoms with E-state index in [0.717, 1.165) is 31.4 Å². The van der Waals surface area contributed by atoms with Crippen molar-refractivity contribution in [2.75, 3.05) is 19.4 Å². The van der Waals surface area contributed by atoms with Gasteiger partial charge in [-0.05, 0) is 63.4 Å². The molecule has 3 nitrogen and oxygen atoms in total. The average Bonchev–Trinajstić information content (AvgIpc) is 2.64. The van der Waals surface area contributed by atoms with Crippen molar-refractivity contribution in [1.29, 1.82) is 0 Å². The molecule has 1 fully saturated rings. The Morgan fingerprint density at radius 3 is 2.08 bits per heavy atom. The van der Waals surface area contributed by atoms with Crippen molar-refractivity contribution >= 4 is 24.0 Å². The minimum absolute atomic E-state index is 0. The lowest BCUT2D eigenvalue weighted by Crippen LogP contribution is -2.44. The lowest BCUT2D eigenvalue weighted by atomic mass is 9.71. The SMILES string of the molecule is CN(C)C1(c2ccccc2)CCC(CC(=O)Nc2ccccc2)CC1.Cl.